The van der Waals surface area contributed by atoms with Gasteiger partial charge < -0.3 is 4.84 Å². The minimum absolute atomic E-state index is 0.470. The van der Waals surface area contributed by atoms with Crippen LogP contribution in [0.1, 0.15) is 21.5 Å². The van der Waals surface area contributed by atoms with E-state index in [2.05, 4.69) is 9.73 Å². The molecule has 126 valence electrons. The van der Waals surface area contributed by atoms with Gasteiger partial charge in [-0.15, -0.1) is 0 Å². The van der Waals surface area contributed by atoms with Gasteiger partial charge in [-0.1, -0.05) is 53.7 Å². The van der Waals surface area contributed by atoms with Crippen LogP contribution in [0, 0.1) is 0 Å². The van der Waals surface area contributed by atoms with Crippen molar-refractivity contribution in [1.29, 1.82) is 0 Å². The fraction of sp³-hybridized carbons (Fsp3) is 0.0455. The zero-order valence-corrected chi connectivity index (χ0v) is 14.3. The molecule has 0 aromatic heterocycles. The standard InChI is InChI=1S/C22H17N2O2/c1-24-19-15-9-8-14-18(19)20(21(24)16-10-4-2-5-11-16)23-26-22(25)17-12-6-3-7-13-17/h2-15H,1H3/q+1/b23-20-. The van der Waals surface area contributed by atoms with E-state index >= 15 is 0 Å². The third kappa shape index (κ3) is 2.82. The van der Waals surface area contributed by atoms with E-state index in [4.69, 9.17) is 4.84 Å². The van der Waals surface area contributed by atoms with Gasteiger partial charge in [0, 0.05) is 11.6 Å². The van der Waals surface area contributed by atoms with Crippen LogP contribution in [0.4, 0.5) is 5.69 Å². The molecule has 0 amide bonds. The molecule has 0 N–H and O–H groups in total. The lowest BCUT2D eigenvalue weighted by Gasteiger charge is -2.01. The molecule has 26 heavy (non-hydrogen) atoms. The molecule has 1 heterocycles. The van der Waals surface area contributed by atoms with E-state index in [0.717, 1.165) is 22.5 Å². The zero-order valence-electron chi connectivity index (χ0n) is 14.3. The van der Waals surface area contributed by atoms with Gasteiger partial charge in [0.15, 0.2) is 5.71 Å². The number of hydrogen-bond donors (Lipinski definition) is 0. The van der Waals surface area contributed by atoms with E-state index in [9.17, 15) is 4.79 Å². The Labute approximate surface area is 151 Å². The fourth-order valence-corrected chi connectivity index (χ4v) is 3.11. The summed E-state index contributed by atoms with van der Waals surface area (Å²) in [7, 11) is 1.99. The molecule has 0 atom stereocenters. The summed E-state index contributed by atoms with van der Waals surface area (Å²) in [6.07, 6.45) is 0. The van der Waals surface area contributed by atoms with Crippen LogP contribution in [0.3, 0.4) is 0 Å². The highest BCUT2D eigenvalue weighted by molar-refractivity contribution is 6.54. The van der Waals surface area contributed by atoms with Crippen molar-refractivity contribution in [1.82, 2.24) is 0 Å². The van der Waals surface area contributed by atoms with Crippen molar-refractivity contribution in [2.24, 2.45) is 5.16 Å². The van der Waals surface area contributed by atoms with Crippen LogP contribution in [0.2, 0.25) is 0 Å². The molecule has 0 radical (unpaired) electrons. The maximum absolute atomic E-state index is 12.3. The summed E-state index contributed by atoms with van der Waals surface area (Å²) in [5, 5.41) is 4.24. The van der Waals surface area contributed by atoms with Crippen LogP contribution in [-0.4, -0.2) is 29.0 Å². The van der Waals surface area contributed by atoms with Crippen LogP contribution < -0.4 is 0 Å². The number of hydrogen-bond acceptors (Lipinski definition) is 3. The van der Waals surface area contributed by atoms with Crippen molar-refractivity contribution in [2.45, 2.75) is 0 Å². The Kier molecular flexibility index (Phi) is 4.15. The van der Waals surface area contributed by atoms with Crippen molar-refractivity contribution in [3.8, 4) is 0 Å². The number of rotatable bonds is 3. The van der Waals surface area contributed by atoms with Crippen LogP contribution in [0.15, 0.2) is 90.1 Å². The minimum atomic E-state index is -0.474. The predicted molar refractivity (Wildman–Crippen MR) is 101 cm³/mol. The predicted octanol–water partition coefficient (Wildman–Crippen LogP) is 4.02. The molecular weight excluding hydrogens is 324 g/mol. The Morgan fingerprint density at radius 1 is 0.846 bits per heavy atom. The Bertz CT molecular complexity index is 1020. The second-order valence-electron chi connectivity index (χ2n) is 5.98. The highest BCUT2D eigenvalue weighted by Gasteiger charge is 2.35. The van der Waals surface area contributed by atoms with Gasteiger partial charge in [-0.3, -0.25) is 0 Å². The summed E-state index contributed by atoms with van der Waals surface area (Å²) < 4.78 is 2.07. The first-order chi connectivity index (χ1) is 12.8. The Hall–Kier alpha value is -3.53. The lowest BCUT2D eigenvalue weighted by atomic mass is 10.0. The van der Waals surface area contributed by atoms with E-state index in [1.54, 1.807) is 24.3 Å². The average Bonchev–Trinajstić information content (AvgIpc) is 2.99. The van der Waals surface area contributed by atoms with Gasteiger partial charge in [-0.25, -0.2) is 4.79 Å². The number of fused-ring (bicyclic) bond motifs is 1. The van der Waals surface area contributed by atoms with Crippen LogP contribution >= 0.6 is 0 Å². The van der Waals surface area contributed by atoms with Gasteiger partial charge in [0.05, 0.1) is 11.1 Å². The topological polar surface area (TPSA) is 41.7 Å². The molecule has 0 bridgehead atoms. The Morgan fingerprint density at radius 3 is 2.19 bits per heavy atom. The lowest BCUT2D eigenvalue weighted by Crippen LogP contribution is -2.19. The van der Waals surface area contributed by atoms with Crippen LogP contribution in [0.5, 0.6) is 0 Å². The Balaban J connectivity index is 1.76. The molecule has 3 aromatic rings. The molecule has 1 aliphatic rings. The first-order valence-corrected chi connectivity index (χ1v) is 8.36. The van der Waals surface area contributed by atoms with Crippen molar-refractivity contribution in [2.75, 3.05) is 7.05 Å². The number of benzene rings is 3. The SMILES string of the molecule is C[N+]1=C(c2ccccc2)/C(=N\OC(=O)c2ccccc2)c2ccccc21. The second-order valence-corrected chi connectivity index (χ2v) is 5.98. The van der Waals surface area contributed by atoms with E-state index in [1.165, 1.54) is 0 Å². The summed E-state index contributed by atoms with van der Waals surface area (Å²) >= 11 is 0. The number of para-hydroxylation sites is 1. The summed E-state index contributed by atoms with van der Waals surface area (Å²) in [5.74, 6) is -0.474. The summed E-state index contributed by atoms with van der Waals surface area (Å²) in [5.41, 5.74) is 5.01. The van der Waals surface area contributed by atoms with Crippen molar-refractivity contribution in [3.63, 3.8) is 0 Å². The van der Waals surface area contributed by atoms with Gasteiger partial charge in [0.25, 0.3) is 0 Å². The molecule has 4 nitrogen and oxygen atoms in total. The maximum Gasteiger partial charge on any atom is 0.365 e. The molecule has 3 aromatic carbocycles. The van der Waals surface area contributed by atoms with Gasteiger partial charge in [0.1, 0.15) is 7.05 Å². The summed E-state index contributed by atoms with van der Waals surface area (Å²) in [4.78, 5) is 17.6. The molecule has 0 saturated carbocycles. The number of nitrogens with zero attached hydrogens (tertiary/aromatic N) is 2. The third-order valence-corrected chi connectivity index (χ3v) is 4.36. The van der Waals surface area contributed by atoms with Crippen molar-refractivity contribution in [3.05, 3.63) is 102 Å². The molecule has 0 saturated heterocycles. The number of oxime groups is 1. The van der Waals surface area contributed by atoms with E-state index in [-0.39, 0.29) is 0 Å². The number of carbonyl (C=O) groups excluding carboxylic acids is 1. The monoisotopic (exact) mass is 341 g/mol. The lowest BCUT2D eigenvalue weighted by molar-refractivity contribution is -0.399. The fourth-order valence-electron chi connectivity index (χ4n) is 3.11. The van der Waals surface area contributed by atoms with Crippen LogP contribution in [0.25, 0.3) is 0 Å². The first-order valence-electron chi connectivity index (χ1n) is 8.36. The Morgan fingerprint density at radius 2 is 1.46 bits per heavy atom. The van der Waals surface area contributed by atoms with Gasteiger partial charge in [-0.2, -0.15) is 4.58 Å². The first kappa shape index (κ1) is 16.0. The van der Waals surface area contributed by atoms with Gasteiger partial charge in [0.2, 0.25) is 11.4 Å². The number of carbonyl (C=O) groups is 1. The summed E-state index contributed by atoms with van der Waals surface area (Å²) in [6, 6.07) is 26.8. The van der Waals surface area contributed by atoms with Crippen molar-refractivity contribution >= 4 is 23.1 Å². The van der Waals surface area contributed by atoms with Gasteiger partial charge in [-0.05, 0) is 30.3 Å². The smallest absolute Gasteiger partial charge is 0.312 e. The van der Waals surface area contributed by atoms with E-state index in [0.29, 0.717) is 11.3 Å². The molecule has 1 aliphatic heterocycles. The molecule has 0 unspecified atom stereocenters. The molecule has 4 heteroatoms. The molecule has 0 spiro atoms. The highest BCUT2D eigenvalue weighted by Crippen LogP contribution is 2.28. The summed E-state index contributed by atoms with van der Waals surface area (Å²) in [6.45, 7) is 0. The highest BCUT2D eigenvalue weighted by atomic mass is 16.7. The molecule has 4 rings (SSSR count). The molecule has 0 fully saturated rings. The van der Waals surface area contributed by atoms with E-state index in [1.807, 2.05) is 67.7 Å². The van der Waals surface area contributed by atoms with Crippen LogP contribution in [-0.2, 0) is 4.84 Å². The van der Waals surface area contributed by atoms with E-state index < -0.39 is 5.97 Å². The minimum Gasteiger partial charge on any atom is -0.312 e. The quantitative estimate of drug-likeness (QED) is 0.410. The maximum atomic E-state index is 12.3. The zero-order chi connectivity index (χ0) is 17.9. The molecular formula is C22H17N2O2+. The third-order valence-electron chi connectivity index (χ3n) is 4.36. The normalized spacial score (nSPS) is 14.4. The average molecular weight is 341 g/mol. The van der Waals surface area contributed by atoms with Crippen molar-refractivity contribution < 1.29 is 14.2 Å². The molecule has 0 aliphatic carbocycles. The van der Waals surface area contributed by atoms with Gasteiger partial charge >= 0.3 is 5.97 Å². The largest absolute Gasteiger partial charge is 0.365 e. The second kappa shape index (κ2) is 6.76.